The van der Waals surface area contributed by atoms with E-state index in [1.54, 1.807) is 20.8 Å². The number of hydrogen-bond donors (Lipinski definition) is 2. The van der Waals surface area contributed by atoms with Crippen molar-refractivity contribution in [3.8, 4) is 0 Å². The number of nitrogens with one attached hydrogen (secondary N) is 1. The zero-order valence-electron chi connectivity index (χ0n) is 10.2. The summed E-state index contributed by atoms with van der Waals surface area (Å²) in [4.78, 5) is 34.3. The van der Waals surface area contributed by atoms with Crippen LogP contribution in [0.5, 0.6) is 0 Å². The second kappa shape index (κ2) is 7.61. The maximum atomic E-state index is 11.4. The van der Waals surface area contributed by atoms with Crippen LogP contribution in [0, 0.1) is 0 Å². The van der Waals surface area contributed by atoms with E-state index >= 15 is 0 Å². The zero-order valence-corrected chi connectivity index (χ0v) is 10.2. The number of alkyl carbamates (subject to hydrolysis) is 1. The van der Waals surface area contributed by atoms with Gasteiger partial charge in [-0.3, -0.25) is 19.8 Å². The molecule has 17 heavy (non-hydrogen) atoms. The SMILES string of the molecule is CCOC(=O)NC(=O)CN(CC(=O)O)C(C)C. The molecule has 98 valence electrons. The van der Waals surface area contributed by atoms with E-state index in [4.69, 9.17) is 5.11 Å². The van der Waals surface area contributed by atoms with Crippen LogP contribution < -0.4 is 5.32 Å². The van der Waals surface area contributed by atoms with E-state index in [0.29, 0.717) is 0 Å². The smallest absolute Gasteiger partial charge is 0.413 e. The number of carbonyl (C=O) groups excluding carboxylic acids is 2. The Labute approximate surface area is 99.7 Å². The summed E-state index contributed by atoms with van der Waals surface area (Å²) >= 11 is 0. The van der Waals surface area contributed by atoms with Crippen LogP contribution in [0.3, 0.4) is 0 Å². The number of ether oxygens (including phenoxy) is 1. The maximum Gasteiger partial charge on any atom is 0.413 e. The van der Waals surface area contributed by atoms with Crippen LogP contribution in [0.15, 0.2) is 0 Å². The first kappa shape index (κ1) is 15.4. The van der Waals surface area contributed by atoms with Gasteiger partial charge in [-0.25, -0.2) is 4.79 Å². The molecule has 0 saturated heterocycles. The molecule has 0 heterocycles. The van der Waals surface area contributed by atoms with Crippen molar-refractivity contribution in [2.45, 2.75) is 26.8 Å². The second-order valence-corrected chi connectivity index (χ2v) is 3.66. The number of imide groups is 1. The third-order valence-corrected chi connectivity index (χ3v) is 1.93. The first-order valence-electron chi connectivity index (χ1n) is 5.29. The minimum absolute atomic E-state index is 0.112. The zero-order chi connectivity index (χ0) is 13.4. The molecule has 7 nitrogen and oxygen atoms in total. The lowest BCUT2D eigenvalue weighted by atomic mass is 10.3. The van der Waals surface area contributed by atoms with Gasteiger partial charge in [0, 0.05) is 6.04 Å². The third-order valence-electron chi connectivity index (χ3n) is 1.93. The summed E-state index contributed by atoms with van der Waals surface area (Å²) in [5, 5.41) is 10.7. The van der Waals surface area contributed by atoms with Crippen LogP contribution in [-0.4, -0.2) is 53.7 Å². The van der Waals surface area contributed by atoms with Crippen LogP contribution >= 0.6 is 0 Å². The minimum atomic E-state index is -1.03. The Morgan fingerprint density at radius 1 is 1.29 bits per heavy atom. The average Bonchev–Trinajstić information content (AvgIpc) is 2.15. The lowest BCUT2D eigenvalue weighted by molar-refractivity contribution is -0.139. The van der Waals surface area contributed by atoms with E-state index in [2.05, 4.69) is 4.74 Å². The van der Waals surface area contributed by atoms with Gasteiger partial charge < -0.3 is 9.84 Å². The topological polar surface area (TPSA) is 95.9 Å². The van der Waals surface area contributed by atoms with Crippen LogP contribution in [0.2, 0.25) is 0 Å². The molecule has 0 aromatic rings. The standard InChI is InChI=1S/C10H18N2O5/c1-4-17-10(16)11-8(13)5-12(7(2)3)6-9(14)15/h7H,4-6H2,1-3H3,(H,14,15)(H,11,13,16). The van der Waals surface area contributed by atoms with E-state index in [1.807, 2.05) is 5.32 Å². The number of hydrogen-bond acceptors (Lipinski definition) is 5. The predicted molar refractivity (Wildman–Crippen MR) is 59.5 cm³/mol. The van der Waals surface area contributed by atoms with Crippen molar-refractivity contribution in [2.75, 3.05) is 19.7 Å². The molecule has 0 spiro atoms. The van der Waals surface area contributed by atoms with Crippen LogP contribution in [0.25, 0.3) is 0 Å². The molecule has 0 aliphatic rings. The highest BCUT2D eigenvalue weighted by molar-refractivity contribution is 5.93. The van der Waals surface area contributed by atoms with Gasteiger partial charge in [0.15, 0.2) is 0 Å². The summed E-state index contributed by atoms with van der Waals surface area (Å²) < 4.78 is 4.53. The molecule has 0 bridgehead atoms. The average molecular weight is 246 g/mol. The highest BCUT2D eigenvalue weighted by Crippen LogP contribution is 1.97. The molecular formula is C10H18N2O5. The van der Waals surface area contributed by atoms with Gasteiger partial charge >= 0.3 is 12.1 Å². The van der Waals surface area contributed by atoms with Crippen molar-refractivity contribution in [1.82, 2.24) is 10.2 Å². The van der Waals surface area contributed by atoms with E-state index in [0.717, 1.165) is 0 Å². The van der Waals surface area contributed by atoms with Crippen molar-refractivity contribution >= 4 is 18.0 Å². The molecule has 0 aromatic carbocycles. The molecule has 2 N–H and O–H groups in total. The van der Waals surface area contributed by atoms with E-state index < -0.39 is 18.0 Å². The quantitative estimate of drug-likeness (QED) is 0.687. The number of carbonyl (C=O) groups is 3. The summed E-state index contributed by atoms with van der Waals surface area (Å²) in [6.07, 6.45) is -0.823. The summed E-state index contributed by atoms with van der Waals surface area (Å²) in [6.45, 7) is 4.90. The maximum absolute atomic E-state index is 11.4. The molecule has 0 aliphatic heterocycles. The first-order chi connectivity index (χ1) is 7.86. The summed E-state index contributed by atoms with van der Waals surface area (Å²) in [7, 11) is 0. The Morgan fingerprint density at radius 3 is 2.29 bits per heavy atom. The normalized spacial score (nSPS) is 10.4. The minimum Gasteiger partial charge on any atom is -0.480 e. The van der Waals surface area contributed by atoms with Gasteiger partial charge in [0.25, 0.3) is 0 Å². The Bertz CT molecular complexity index is 290. The van der Waals surface area contributed by atoms with Crippen LogP contribution in [-0.2, 0) is 14.3 Å². The van der Waals surface area contributed by atoms with Crippen molar-refractivity contribution in [2.24, 2.45) is 0 Å². The Balaban J connectivity index is 4.21. The van der Waals surface area contributed by atoms with Gasteiger partial charge in [-0.1, -0.05) is 0 Å². The number of amides is 2. The summed E-state index contributed by atoms with van der Waals surface area (Å²) in [5.41, 5.74) is 0. The number of carboxylic acids is 1. The van der Waals surface area contributed by atoms with E-state index in [-0.39, 0.29) is 25.7 Å². The molecule has 0 aliphatic carbocycles. The number of carboxylic acid groups (broad SMARTS) is 1. The second-order valence-electron chi connectivity index (χ2n) is 3.66. The molecule has 0 fully saturated rings. The fourth-order valence-corrected chi connectivity index (χ4v) is 1.10. The molecule has 0 saturated carbocycles. The van der Waals surface area contributed by atoms with Gasteiger partial charge in [0.2, 0.25) is 5.91 Å². The number of aliphatic carboxylic acids is 1. The molecule has 7 heteroatoms. The molecule has 0 radical (unpaired) electrons. The molecule has 0 rings (SSSR count). The highest BCUT2D eigenvalue weighted by Gasteiger charge is 2.18. The monoisotopic (exact) mass is 246 g/mol. The number of rotatable bonds is 6. The van der Waals surface area contributed by atoms with Crippen molar-refractivity contribution < 1.29 is 24.2 Å². The molecule has 2 amide bonds. The third kappa shape index (κ3) is 7.29. The van der Waals surface area contributed by atoms with Gasteiger partial charge in [-0.15, -0.1) is 0 Å². The van der Waals surface area contributed by atoms with E-state index in [9.17, 15) is 14.4 Å². The Hall–Kier alpha value is -1.63. The first-order valence-corrected chi connectivity index (χ1v) is 5.29. The van der Waals surface area contributed by atoms with Crippen molar-refractivity contribution in [1.29, 1.82) is 0 Å². The predicted octanol–water partition coefficient (Wildman–Crippen LogP) is 0.0541. The molecule has 0 unspecified atom stereocenters. The summed E-state index contributed by atoms with van der Waals surface area (Å²) in [6, 6.07) is -0.112. The Morgan fingerprint density at radius 2 is 1.88 bits per heavy atom. The Kier molecular flexibility index (Phi) is 6.88. The van der Waals surface area contributed by atoms with Crippen molar-refractivity contribution in [3.63, 3.8) is 0 Å². The fourth-order valence-electron chi connectivity index (χ4n) is 1.10. The molecular weight excluding hydrogens is 228 g/mol. The van der Waals surface area contributed by atoms with Gasteiger partial charge in [0.1, 0.15) is 0 Å². The largest absolute Gasteiger partial charge is 0.480 e. The number of nitrogens with zero attached hydrogens (tertiary/aromatic N) is 1. The van der Waals surface area contributed by atoms with E-state index in [1.165, 1.54) is 4.90 Å². The van der Waals surface area contributed by atoms with Gasteiger partial charge in [-0.05, 0) is 20.8 Å². The highest BCUT2D eigenvalue weighted by atomic mass is 16.5. The van der Waals surface area contributed by atoms with Gasteiger partial charge in [-0.2, -0.15) is 0 Å². The lowest BCUT2D eigenvalue weighted by Crippen LogP contribution is -2.44. The van der Waals surface area contributed by atoms with Crippen LogP contribution in [0.4, 0.5) is 4.79 Å². The lowest BCUT2D eigenvalue weighted by Gasteiger charge is -2.23. The van der Waals surface area contributed by atoms with Crippen LogP contribution in [0.1, 0.15) is 20.8 Å². The van der Waals surface area contributed by atoms with Gasteiger partial charge in [0.05, 0.1) is 19.7 Å². The summed E-state index contributed by atoms with van der Waals surface area (Å²) in [5.74, 6) is -1.61. The van der Waals surface area contributed by atoms with Crippen molar-refractivity contribution in [3.05, 3.63) is 0 Å². The molecule has 0 atom stereocenters. The fraction of sp³-hybridized carbons (Fsp3) is 0.700. The molecule has 0 aromatic heterocycles.